The molecule has 0 atom stereocenters. The summed E-state index contributed by atoms with van der Waals surface area (Å²) in [6, 6.07) is 6.82. The molecule has 0 fully saturated rings. The molecule has 0 unspecified atom stereocenters. The summed E-state index contributed by atoms with van der Waals surface area (Å²) in [5, 5.41) is 6.15. The summed E-state index contributed by atoms with van der Waals surface area (Å²) in [7, 11) is -3.60. The van der Waals surface area contributed by atoms with Crippen molar-refractivity contribution >= 4 is 21.7 Å². The first kappa shape index (κ1) is 17.0. The lowest BCUT2D eigenvalue weighted by atomic mass is 10.1. The van der Waals surface area contributed by atoms with Gasteiger partial charge in [-0.15, -0.1) is 0 Å². The molecule has 0 aliphatic carbocycles. The first-order chi connectivity index (χ1) is 10.8. The van der Waals surface area contributed by atoms with E-state index in [1.807, 2.05) is 19.9 Å². The monoisotopic (exact) mass is 337 g/mol. The van der Waals surface area contributed by atoms with Gasteiger partial charge in [0, 0.05) is 18.2 Å². The van der Waals surface area contributed by atoms with Gasteiger partial charge in [0.1, 0.15) is 5.76 Å². The molecule has 2 N–H and O–H groups in total. The summed E-state index contributed by atoms with van der Waals surface area (Å²) >= 11 is 0. The number of hydrogen-bond acceptors (Lipinski definition) is 5. The molecule has 2 aromatic rings. The number of aryl methyl sites for hydroxylation is 3. The van der Waals surface area contributed by atoms with Crippen molar-refractivity contribution in [3.05, 3.63) is 46.7 Å². The summed E-state index contributed by atoms with van der Waals surface area (Å²) in [4.78, 5) is 12.0. The largest absolute Gasteiger partial charge is 0.360 e. The molecule has 0 bridgehead atoms. The van der Waals surface area contributed by atoms with Gasteiger partial charge in [0.2, 0.25) is 10.0 Å². The smallest absolute Gasteiger partial charge is 0.251 e. The summed E-state index contributed by atoms with van der Waals surface area (Å²) in [5.41, 5.74) is 2.61. The number of benzene rings is 1. The normalized spacial score (nSPS) is 11.3. The number of sulfonamides is 1. The highest BCUT2D eigenvalue weighted by Crippen LogP contribution is 2.10. The molecule has 1 aromatic carbocycles. The van der Waals surface area contributed by atoms with Crippen molar-refractivity contribution < 1.29 is 17.7 Å². The predicted molar refractivity (Wildman–Crippen MR) is 86.9 cm³/mol. The Hall–Kier alpha value is -2.35. The maximum Gasteiger partial charge on any atom is 0.251 e. The van der Waals surface area contributed by atoms with Gasteiger partial charge >= 0.3 is 0 Å². The summed E-state index contributed by atoms with van der Waals surface area (Å²) in [5.74, 6) is 0.0736. The van der Waals surface area contributed by atoms with Crippen molar-refractivity contribution in [1.82, 2.24) is 10.5 Å². The second-order valence-electron chi connectivity index (χ2n) is 5.30. The van der Waals surface area contributed by atoms with E-state index in [0.717, 1.165) is 11.1 Å². The van der Waals surface area contributed by atoms with Crippen molar-refractivity contribution in [2.75, 3.05) is 17.0 Å². The fraction of sp³-hybridized carbons (Fsp3) is 0.333. The number of hydrogen-bond donors (Lipinski definition) is 2. The average Bonchev–Trinajstić information content (AvgIpc) is 2.85. The highest BCUT2D eigenvalue weighted by Gasteiger charge is 2.14. The Labute approximate surface area is 135 Å². The molecule has 0 saturated heterocycles. The lowest BCUT2D eigenvalue weighted by Gasteiger charge is -2.08. The molecule has 23 heavy (non-hydrogen) atoms. The van der Waals surface area contributed by atoms with Crippen molar-refractivity contribution in [3.63, 3.8) is 0 Å². The number of carbonyl (C=O) groups is 1. The molecule has 1 aromatic heterocycles. The van der Waals surface area contributed by atoms with Crippen LogP contribution < -0.4 is 10.0 Å². The lowest BCUT2D eigenvalue weighted by molar-refractivity contribution is 0.0956. The molecule has 0 radical (unpaired) electrons. The van der Waals surface area contributed by atoms with Crippen LogP contribution in [0.15, 0.2) is 28.8 Å². The van der Waals surface area contributed by atoms with E-state index in [4.69, 9.17) is 4.52 Å². The van der Waals surface area contributed by atoms with Crippen molar-refractivity contribution in [2.45, 2.75) is 20.8 Å². The fourth-order valence-electron chi connectivity index (χ4n) is 1.91. The van der Waals surface area contributed by atoms with E-state index in [2.05, 4.69) is 15.2 Å². The number of aromatic nitrogens is 1. The Balaban J connectivity index is 1.88. The first-order valence-corrected chi connectivity index (χ1v) is 8.71. The minimum Gasteiger partial charge on any atom is -0.360 e. The topological polar surface area (TPSA) is 101 Å². The molecule has 2 rings (SSSR count). The van der Waals surface area contributed by atoms with Gasteiger partial charge in [-0.05, 0) is 44.0 Å². The third-order valence-corrected chi connectivity index (χ3v) is 4.58. The zero-order chi connectivity index (χ0) is 17.0. The summed E-state index contributed by atoms with van der Waals surface area (Å²) < 4.78 is 30.8. The van der Waals surface area contributed by atoms with Crippen molar-refractivity contribution in [2.24, 2.45) is 0 Å². The molecular weight excluding hydrogens is 318 g/mol. The van der Waals surface area contributed by atoms with Crippen molar-refractivity contribution in [3.8, 4) is 0 Å². The quantitative estimate of drug-likeness (QED) is 0.836. The van der Waals surface area contributed by atoms with Gasteiger partial charge in [-0.25, -0.2) is 8.42 Å². The van der Waals surface area contributed by atoms with Crippen LogP contribution in [0.2, 0.25) is 0 Å². The van der Waals surface area contributed by atoms with E-state index in [1.54, 1.807) is 19.1 Å². The fourth-order valence-corrected chi connectivity index (χ4v) is 2.80. The van der Waals surface area contributed by atoms with E-state index in [-0.39, 0.29) is 24.0 Å². The summed E-state index contributed by atoms with van der Waals surface area (Å²) in [6.45, 7) is 5.54. The Morgan fingerprint density at radius 1 is 1.17 bits per heavy atom. The van der Waals surface area contributed by atoms with Gasteiger partial charge in [-0.1, -0.05) is 11.2 Å². The van der Waals surface area contributed by atoms with Gasteiger partial charge in [-0.3, -0.25) is 9.52 Å². The molecule has 0 aliphatic rings. The van der Waals surface area contributed by atoms with E-state index in [1.165, 1.54) is 6.07 Å². The second-order valence-corrected chi connectivity index (χ2v) is 7.14. The molecule has 1 amide bonds. The lowest BCUT2D eigenvalue weighted by Crippen LogP contribution is -2.31. The number of amides is 1. The number of nitrogens with zero attached hydrogens (tertiary/aromatic N) is 1. The maximum atomic E-state index is 12.0. The van der Waals surface area contributed by atoms with Gasteiger partial charge in [0.15, 0.2) is 5.82 Å². The Morgan fingerprint density at radius 2 is 1.91 bits per heavy atom. The van der Waals surface area contributed by atoms with Gasteiger partial charge in [0.25, 0.3) is 5.91 Å². The van der Waals surface area contributed by atoms with E-state index in [0.29, 0.717) is 11.3 Å². The predicted octanol–water partition coefficient (Wildman–Crippen LogP) is 1.77. The van der Waals surface area contributed by atoms with Crippen LogP contribution in [0, 0.1) is 20.8 Å². The number of nitrogens with one attached hydrogen (secondary N) is 2. The van der Waals surface area contributed by atoms with Gasteiger partial charge in [0.05, 0.1) is 5.75 Å². The van der Waals surface area contributed by atoms with Crippen LogP contribution in [0.25, 0.3) is 0 Å². The molecule has 7 nitrogen and oxygen atoms in total. The Kier molecular flexibility index (Phi) is 5.05. The molecule has 124 valence electrons. The summed E-state index contributed by atoms with van der Waals surface area (Å²) in [6.07, 6.45) is 0. The Bertz CT molecular complexity index is 812. The van der Waals surface area contributed by atoms with E-state index < -0.39 is 10.0 Å². The van der Waals surface area contributed by atoms with Crippen LogP contribution >= 0.6 is 0 Å². The van der Waals surface area contributed by atoms with Crippen LogP contribution in [0.5, 0.6) is 0 Å². The van der Waals surface area contributed by atoms with Gasteiger partial charge < -0.3 is 9.84 Å². The van der Waals surface area contributed by atoms with E-state index in [9.17, 15) is 13.2 Å². The third kappa shape index (κ3) is 4.82. The highest BCUT2D eigenvalue weighted by atomic mass is 32.2. The van der Waals surface area contributed by atoms with Crippen LogP contribution in [-0.2, 0) is 10.0 Å². The number of carbonyl (C=O) groups excluding carboxylic acids is 1. The molecule has 0 saturated carbocycles. The average molecular weight is 337 g/mol. The van der Waals surface area contributed by atoms with Crippen LogP contribution in [-0.4, -0.2) is 31.8 Å². The SMILES string of the molecule is Cc1cc(NS(=O)(=O)CCNC(=O)c2ccc(C)c(C)c2)no1. The van der Waals surface area contributed by atoms with Crippen molar-refractivity contribution in [1.29, 1.82) is 0 Å². The zero-order valence-electron chi connectivity index (χ0n) is 13.2. The Morgan fingerprint density at radius 3 is 2.52 bits per heavy atom. The van der Waals surface area contributed by atoms with Crippen LogP contribution in [0.4, 0.5) is 5.82 Å². The molecular formula is C15H19N3O4S. The standard InChI is InChI=1S/C15H19N3O4S/c1-10-4-5-13(8-11(10)2)15(19)16-6-7-23(20,21)18-14-9-12(3)22-17-14/h4-5,8-9H,6-7H2,1-3H3,(H,16,19)(H,17,18). The molecule has 1 heterocycles. The van der Waals surface area contributed by atoms with E-state index >= 15 is 0 Å². The maximum absolute atomic E-state index is 12.0. The second kappa shape index (κ2) is 6.82. The first-order valence-electron chi connectivity index (χ1n) is 7.06. The number of rotatable bonds is 6. The number of anilines is 1. The third-order valence-electron chi connectivity index (χ3n) is 3.31. The zero-order valence-corrected chi connectivity index (χ0v) is 14.0. The molecule has 0 aliphatic heterocycles. The molecule has 0 spiro atoms. The molecule has 8 heteroatoms. The minimum atomic E-state index is -3.60. The highest BCUT2D eigenvalue weighted by molar-refractivity contribution is 7.92. The van der Waals surface area contributed by atoms with Crippen LogP contribution in [0.1, 0.15) is 27.2 Å². The van der Waals surface area contributed by atoms with Gasteiger partial charge in [-0.2, -0.15) is 0 Å². The van der Waals surface area contributed by atoms with Crippen LogP contribution in [0.3, 0.4) is 0 Å². The minimum absolute atomic E-state index is 0.00206.